The molecule has 2 aromatic carbocycles. The van der Waals surface area contributed by atoms with Gasteiger partial charge in [0.2, 0.25) is 5.91 Å². The Balaban J connectivity index is 1.60. The SMILES string of the molecule is O=C(CCCc1ccc(Cl)c(Cl)c1)NCCNC(=O)c1ccc(O)cc1. The number of hydrogen-bond acceptors (Lipinski definition) is 3. The van der Waals surface area contributed by atoms with Crippen LogP contribution in [0.4, 0.5) is 0 Å². The molecule has 0 aromatic heterocycles. The second kappa shape index (κ2) is 10.0. The molecule has 0 bridgehead atoms. The number of nitrogens with one attached hydrogen (secondary N) is 2. The van der Waals surface area contributed by atoms with Crippen LogP contribution in [0, 0.1) is 0 Å². The number of aryl methyl sites for hydroxylation is 1. The summed E-state index contributed by atoms with van der Waals surface area (Å²) in [6.45, 7) is 0.688. The van der Waals surface area contributed by atoms with Crippen LogP contribution in [0.15, 0.2) is 42.5 Å². The van der Waals surface area contributed by atoms with Gasteiger partial charge in [-0.3, -0.25) is 9.59 Å². The summed E-state index contributed by atoms with van der Waals surface area (Å²) in [4.78, 5) is 23.7. The minimum Gasteiger partial charge on any atom is -0.508 e. The summed E-state index contributed by atoms with van der Waals surface area (Å²) in [6.07, 6.45) is 1.83. The monoisotopic (exact) mass is 394 g/mol. The normalized spacial score (nSPS) is 10.4. The van der Waals surface area contributed by atoms with E-state index in [1.165, 1.54) is 24.3 Å². The maximum absolute atomic E-state index is 11.9. The second-order valence-corrected chi connectivity index (χ2v) is 6.57. The van der Waals surface area contributed by atoms with Crippen molar-refractivity contribution >= 4 is 35.0 Å². The molecule has 7 heteroatoms. The van der Waals surface area contributed by atoms with Gasteiger partial charge in [0.25, 0.3) is 5.91 Å². The summed E-state index contributed by atoms with van der Waals surface area (Å²) in [7, 11) is 0. The number of carbonyl (C=O) groups is 2. The van der Waals surface area contributed by atoms with Crippen molar-refractivity contribution in [3.8, 4) is 5.75 Å². The fourth-order valence-electron chi connectivity index (χ4n) is 2.33. The zero-order valence-corrected chi connectivity index (χ0v) is 15.6. The molecule has 0 atom stereocenters. The maximum atomic E-state index is 11.9. The molecule has 0 radical (unpaired) electrons. The number of phenols is 1. The Bertz CT molecular complexity index is 764. The highest BCUT2D eigenvalue weighted by atomic mass is 35.5. The van der Waals surface area contributed by atoms with E-state index in [0.717, 1.165) is 12.0 Å². The molecule has 0 fully saturated rings. The number of carbonyl (C=O) groups excluding carboxylic acids is 2. The van der Waals surface area contributed by atoms with Gasteiger partial charge in [0.1, 0.15) is 5.75 Å². The van der Waals surface area contributed by atoms with E-state index in [2.05, 4.69) is 10.6 Å². The summed E-state index contributed by atoms with van der Waals surface area (Å²) in [5.74, 6) is -0.211. The van der Waals surface area contributed by atoms with Crippen LogP contribution in [-0.4, -0.2) is 30.0 Å². The molecule has 2 aromatic rings. The molecule has 0 heterocycles. The predicted octanol–water partition coefficient (Wildman–Crippen LogP) is 3.57. The van der Waals surface area contributed by atoms with Crippen LogP contribution in [0.5, 0.6) is 5.75 Å². The third kappa shape index (κ3) is 6.58. The quantitative estimate of drug-likeness (QED) is 0.598. The molecule has 0 aliphatic carbocycles. The number of phenolic OH excluding ortho intramolecular Hbond substituents is 1. The number of hydrogen-bond donors (Lipinski definition) is 3. The van der Waals surface area contributed by atoms with Gasteiger partial charge in [0.05, 0.1) is 10.0 Å². The van der Waals surface area contributed by atoms with Crippen LogP contribution in [0.2, 0.25) is 10.0 Å². The zero-order valence-electron chi connectivity index (χ0n) is 14.1. The summed E-state index contributed by atoms with van der Waals surface area (Å²) in [6, 6.07) is 11.4. The number of amides is 2. The Kier molecular flexibility index (Phi) is 7.75. The average Bonchev–Trinajstić information content (AvgIpc) is 2.62. The summed E-state index contributed by atoms with van der Waals surface area (Å²) in [5, 5.41) is 15.7. The molecule has 0 unspecified atom stereocenters. The Morgan fingerprint density at radius 3 is 2.31 bits per heavy atom. The van der Waals surface area contributed by atoms with Crippen LogP contribution in [0.3, 0.4) is 0 Å². The third-order valence-corrected chi connectivity index (χ3v) is 4.45. The van der Waals surface area contributed by atoms with Crippen molar-refractivity contribution in [2.24, 2.45) is 0 Å². The molecule has 0 aliphatic heterocycles. The number of benzene rings is 2. The largest absolute Gasteiger partial charge is 0.508 e. The van der Waals surface area contributed by atoms with E-state index < -0.39 is 0 Å². The van der Waals surface area contributed by atoms with Gasteiger partial charge < -0.3 is 15.7 Å². The Morgan fingerprint density at radius 1 is 0.923 bits per heavy atom. The summed E-state index contributed by atoms with van der Waals surface area (Å²) >= 11 is 11.8. The molecular formula is C19H20Cl2N2O3. The predicted molar refractivity (Wildman–Crippen MR) is 103 cm³/mol. The molecule has 0 spiro atoms. The Morgan fingerprint density at radius 2 is 1.62 bits per heavy atom. The standard InChI is InChI=1S/C19H20Cl2N2O3/c20-16-9-4-13(12-17(16)21)2-1-3-18(25)22-10-11-23-19(26)14-5-7-15(24)8-6-14/h4-9,12,24H,1-3,10-11H2,(H,22,25)(H,23,26). The first-order chi connectivity index (χ1) is 12.5. The van der Waals surface area contributed by atoms with Crippen LogP contribution in [0.25, 0.3) is 0 Å². The first kappa shape index (κ1) is 20.1. The van der Waals surface area contributed by atoms with Crippen LogP contribution in [0.1, 0.15) is 28.8 Å². The maximum Gasteiger partial charge on any atom is 0.251 e. The van der Waals surface area contributed by atoms with Gasteiger partial charge in [-0.15, -0.1) is 0 Å². The van der Waals surface area contributed by atoms with Crippen molar-refractivity contribution < 1.29 is 14.7 Å². The van der Waals surface area contributed by atoms with Crippen LogP contribution in [-0.2, 0) is 11.2 Å². The number of aromatic hydroxyl groups is 1. The Hall–Kier alpha value is -2.24. The number of halogens is 2. The van der Waals surface area contributed by atoms with Crippen molar-refractivity contribution in [2.45, 2.75) is 19.3 Å². The minimum absolute atomic E-state index is 0.0658. The van der Waals surface area contributed by atoms with E-state index >= 15 is 0 Å². The molecule has 2 amide bonds. The van der Waals surface area contributed by atoms with Crippen LogP contribution < -0.4 is 10.6 Å². The van der Waals surface area contributed by atoms with E-state index in [4.69, 9.17) is 23.2 Å². The highest BCUT2D eigenvalue weighted by Crippen LogP contribution is 2.23. The van der Waals surface area contributed by atoms with E-state index in [1.807, 2.05) is 6.07 Å². The average molecular weight is 395 g/mol. The third-order valence-electron chi connectivity index (χ3n) is 3.72. The fourth-order valence-corrected chi connectivity index (χ4v) is 2.65. The first-order valence-electron chi connectivity index (χ1n) is 8.23. The van der Waals surface area contributed by atoms with E-state index in [0.29, 0.717) is 41.5 Å². The highest BCUT2D eigenvalue weighted by Gasteiger charge is 2.06. The molecule has 138 valence electrons. The van der Waals surface area contributed by atoms with Crippen LogP contribution >= 0.6 is 23.2 Å². The van der Waals surface area contributed by atoms with Gasteiger partial charge in [0, 0.05) is 25.1 Å². The van der Waals surface area contributed by atoms with E-state index in [1.54, 1.807) is 12.1 Å². The molecule has 0 saturated carbocycles. The zero-order chi connectivity index (χ0) is 18.9. The lowest BCUT2D eigenvalue weighted by molar-refractivity contribution is -0.121. The minimum atomic E-state index is -0.251. The lowest BCUT2D eigenvalue weighted by Crippen LogP contribution is -2.34. The van der Waals surface area contributed by atoms with Gasteiger partial charge in [-0.25, -0.2) is 0 Å². The van der Waals surface area contributed by atoms with E-state index in [9.17, 15) is 14.7 Å². The van der Waals surface area contributed by atoms with Gasteiger partial charge in [-0.05, 0) is 54.8 Å². The smallest absolute Gasteiger partial charge is 0.251 e. The van der Waals surface area contributed by atoms with Gasteiger partial charge in [-0.1, -0.05) is 29.3 Å². The molecular weight excluding hydrogens is 375 g/mol. The fraction of sp³-hybridized carbons (Fsp3) is 0.263. The second-order valence-electron chi connectivity index (χ2n) is 5.75. The van der Waals surface area contributed by atoms with Crippen molar-refractivity contribution in [1.29, 1.82) is 0 Å². The Labute approximate surface area is 162 Å². The van der Waals surface area contributed by atoms with Gasteiger partial charge >= 0.3 is 0 Å². The van der Waals surface area contributed by atoms with Crippen molar-refractivity contribution in [3.63, 3.8) is 0 Å². The van der Waals surface area contributed by atoms with E-state index in [-0.39, 0.29) is 17.6 Å². The number of rotatable bonds is 8. The molecule has 2 rings (SSSR count). The molecule has 5 nitrogen and oxygen atoms in total. The summed E-state index contributed by atoms with van der Waals surface area (Å²) in [5.41, 5.74) is 1.49. The lowest BCUT2D eigenvalue weighted by atomic mass is 10.1. The van der Waals surface area contributed by atoms with Gasteiger partial charge in [-0.2, -0.15) is 0 Å². The molecule has 26 heavy (non-hydrogen) atoms. The summed E-state index contributed by atoms with van der Waals surface area (Å²) < 4.78 is 0. The van der Waals surface area contributed by atoms with Crippen molar-refractivity contribution in [1.82, 2.24) is 10.6 Å². The molecule has 3 N–H and O–H groups in total. The highest BCUT2D eigenvalue weighted by molar-refractivity contribution is 6.42. The topological polar surface area (TPSA) is 78.4 Å². The first-order valence-corrected chi connectivity index (χ1v) is 8.99. The van der Waals surface area contributed by atoms with Crippen molar-refractivity contribution in [3.05, 3.63) is 63.6 Å². The van der Waals surface area contributed by atoms with Gasteiger partial charge in [0.15, 0.2) is 0 Å². The van der Waals surface area contributed by atoms with Crippen molar-refractivity contribution in [2.75, 3.05) is 13.1 Å². The molecule has 0 saturated heterocycles. The molecule has 0 aliphatic rings. The lowest BCUT2D eigenvalue weighted by Gasteiger charge is -2.08.